The Labute approximate surface area is 161 Å². The number of carbonyl (C=O) groups excluding carboxylic acids is 2. The fourth-order valence-electron chi connectivity index (χ4n) is 3.28. The highest BCUT2D eigenvalue weighted by Crippen LogP contribution is 2.39. The van der Waals surface area contributed by atoms with Gasteiger partial charge < -0.3 is 14.8 Å². The van der Waals surface area contributed by atoms with E-state index in [1.807, 2.05) is 6.92 Å². The van der Waals surface area contributed by atoms with E-state index in [1.165, 1.54) is 17.8 Å². The van der Waals surface area contributed by atoms with Crippen molar-refractivity contribution in [2.75, 3.05) is 23.5 Å². The van der Waals surface area contributed by atoms with E-state index in [4.69, 9.17) is 0 Å². The minimum absolute atomic E-state index is 0.0516. The maximum absolute atomic E-state index is 12.9. The molecular weight excluding hydrogens is 388 g/mol. The molecular formula is C18H19N2O5S2-. The molecule has 0 saturated heterocycles. The van der Waals surface area contributed by atoms with Crippen LogP contribution in [0.15, 0.2) is 35.2 Å². The van der Waals surface area contributed by atoms with E-state index in [-0.39, 0.29) is 17.2 Å². The SMILES string of the molecule is CCN1C(=O)c2cccc3c(S(=O)(=O)NC(CCSC)C(=O)[O-])ccc1c23. The van der Waals surface area contributed by atoms with E-state index >= 15 is 0 Å². The molecule has 2 aromatic carbocycles. The fourth-order valence-corrected chi connectivity index (χ4v) is 5.17. The molecule has 0 aromatic heterocycles. The van der Waals surface area contributed by atoms with Gasteiger partial charge in [0.1, 0.15) is 0 Å². The first-order chi connectivity index (χ1) is 12.8. The predicted molar refractivity (Wildman–Crippen MR) is 103 cm³/mol. The number of anilines is 1. The minimum atomic E-state index is -4.12. The molecule has 1 unspecified atom stereocenters. The third kappa shape index (κ3) is 3.42. The maximum Gasteiger partial charge on any atom is 0.258 e. The average Bonchev–Trinajstić information content (AvgIpc) is 2.91. The van der Waals surface area contributed by atoms with Crippen LogP contribution >= 0.6 is 11.8 Å². The second-order valence-corrected chi connectivity index (χ2v) is 8.80. The number of rotatable bonds is 8. The summed E-state index contributed by atoms with van der Waals surface area (Å²) in [5, 5.41) is 12.3. The van der Waals surface area contributed by atoms with Crippen LogP contribution in [0, 0.1) is 0 Å². The van der Waals surface area contributed by atoms with E-state index in [9.17, 15) is 23.1 Å². The third-order valence-electron chi connectivity index (χ3n) is 4.54. The Kier molecular flexibility index (Phi) is 5.45. The van der Waals surface area contributed by atoms with Gasteiger partial charge in [-0.05, 0) is 43.6 Å². The number of nitrogens with zero attached hydrogens (tertiary/aromatic N) is 1. The summed E-state index contributed by atoms with van der Waals surface area (Å²) in [4.78, 5) is 25.4. The van der Waals surface area contributed by atoms with Crippen LogP contribution in [0.25, 0.3) is 10.8 Å². The van der Waals surface area contributed by atoms with Crippen molar-refractivity contribution in [1.29, 1.82) is 0 Å². The minimum Gasteiger partial charge on any atom is -0.548 e. The number of thioether (sulfide) groups is 1. The number of carboxylic acid groups (broad SMARTS) is 1. The lowest BCUT2D eigenvalue weighted by Crippen LogP contribution is -2.48. The van der Waals surface area contributed by atoms with Gasteiger partial charge >= 0.3 is 0 Å². The number of hydrogen-bond donors (Lipinski definition) is 1. The number of nitrogens with one attached hydrogen (secondary N) is 1. The van der Waals surface area contributed by atoms with Crippen molar-refractivity contribution in [3.63, 3.8) is 0 Å². The lowest BCUT2D eigenvalue weighted by atomic mass is 10.1. The molecule has 7 nitrogen and oxygen atoms in total. The lowest BCUT2D eigenvalue weighted by molar-refractivity contribution is -0.308. The van der Waals surface area contributed by atoms with Crippen LogP contribution in [-0.4, -0.2) is 44.9 Å². The molecule has 1 amide bonds. The highest BCUT2D eigenvalue weighted by molar-refractivity contribution is 7.98. The van der Waals surface area contributed by atoms with Gasteiger partial charge in [-0.1, -0.05) is 12.1 Å². The van der Waals surface area contributed by atoms with Crippen LogP contribution in [0.2, 0.25) is 0 Å². The summed E-state index contributed by atoms with van der Waals surface area (Å²) < 4.78 is 28.0. The zero-order valence-corrected chi connectivity index (χ0v) is 16.5. The summed E-state index contributed by atoms with van der Waals surface area (Å²) in [6.07, 6.45) is 1.92. The normalized spacial score (nSPS) is 14.7. The molecule has 1 N–H and O–H groups in total. The highest BCUT2D eigenvalue weighted by atomic mass is 32.2. The Balaban J connectivity index is 2.09. The monoisotopic (exact) mass is 407 g/mol. The second-order valence-electron chi connectivity index (χ2n) is 6.13. The summed E-state index contributed by atoms with van der Waals surface area (Å²) in [6, 6.07) is 6.59. The van der Waals surface area contributed by atoms with Crippen LogP contribution in [0.1, 0.15) is 23.7 Å². The molecule has 1 aliphatic rings. The van der Waals surface area contributed by atoms with E-state index < -0.39 is 22.0 Å². The largest absolute Gasteiger partial charge is 0.548 e. The molecule has 0 spiro atoms. The molecule has 0 aliphatic carbocycles. The zero-order chi connectivity index (χ0) is 19.8. The van der Waals surface area contributed by atoms with Crippen LogP contribution in [-0.2, 0) is 14.8 Å². The van der Waals surface area contributed by atoms with Crippen molar-refractivity contribution in [1.82, 2.24) is 4.72 Å². The maximum atomic E-state index is 12.9. The van der Waals surface area contributed by atoms with E-state index in [2.05, 4.69) is 4.72 Å². The molecule has 2 aromatic rings. The van der Waals surface area contributed by atoms with Crippen molar-refractivity contribution < 1.29 is 23.1 Å². The van der Waals surface area contributed by atoms with Gasteiger partial charge in [0.05, 0.1) is 22.6 Å². The van der Waals surface area contributed by atoms with Gasteiger partial charge in [-0.3, -0.25) is 4.79 Å². The molecule has 144 valence electrons. The van der Waals surface area contributed by atoms with Gasteiger partial charge in [-0.25, -0.2) is 13.1 Å². The second kappa shape index (κ2) is 7.49. The van der Waals surface area contributed by atoms with Gasteiger partial charge in [0.15, 0.2) is 0 Å². The number of sulfonamides is 1. The molecule has 1 aliphatic heterocycles. The fraction of sp³-hybridized carbons (Fsp3) is 0.333. The highest BCUT2D eigenvalue weighted by Gasteiger charge is 2.32. The Bertz CT molecular complexity index is 1020. The molecule has 1 heterocycles. The zero-order valence-electron chi connectivity index (χ0n) is 14.9. The summed E-state index contributed by atoms with van der Waals surface area (Å²) in [7, 11) is -4.12. The van der Waals surface area contributed by atoms with E-state index in [0.717, 1.165) is 0 Å². The Morgan fingerprint density at radius 3 is 2.67 bits per heavy atom. The number of hydrogen-bond acceptors (Lipinski definition) is 6. The Morgan fingerprint density at radius 2 is 2.04 bits per heavy atom. The van der Waals surface area contributed by atoms with Crippen molar-refractivity contribution in [2.24, 2.45) is 0 Å². The standard InChI is InChI=1S/C18H20N2O5S2/c1-3-20-14-7-8-15(11-5-4-6-12(16(11)14)17(20)21)27(24,25)19-13(18(22)23)9-10-26-2/h4-8,13,19H,3,9-10H2,1-2H3,(H,22,23)/p-1. The summed E-state index contributed by atoms with van der Waals surface area (Å²) in [6.45, 7) is 2.31. The van der Waals surface area contributed by atoms with E-state index in [0.29, 0.717) is 34.3 Å². The number of aliphatic carboxylic acids is 1. The quantitative estimate of drug-likeness (QED) is 0.699. The topological polar surface area (TPSA) is 107 Å². The number of amides is 1. The summed E-state index contributed by atoms with van der Waals surface area (Å²) >= 11 is 1.42. The van der Waals surface area contributed by atoms with Crippen molar-refractivity contribution in [3.05, 3.63) is 35.9 Å². The van der Waals surface area contributed by atoms with Gasteiger partial charge in [0, 0.05) is 22.9 Å². The number of carbonyl (C=O) groups is 2. The first-order valence-electron chi connectivity index (χ1n) is 8.41. The molecule has 0 saturated carbocycles. The number of benzene rings is 2. The average molecular weight is 407 g/mol. The summed E-state index contributed by atoms with van der Waals surface area (Å²) in [5.74, 6) is -1.16. The predicted octanol–water partition coefficient (Wildman–Crippen LogP) is 0.970. The molecule has 27 heavy (non-hydrogen) atoms. The van der Waals surface area contributed by atoms with Gasteiger partial charge in [-0.15, -0.1) is 0 Å². The van der Waals surface area contributed by atoms with Gasteiger partial charge in [-0.2, -0.15) is 11.8 Å². The Hall–Kier alpha value is -2.10. The van der Waals surface area contributed by atoms with Crippen molar-refractivity contribution >= 4 is 50.1 Å². The van der Waals surface area contributed by atoms with E-state index in [1.54, 1.807) is 35.4 Å². The molecule has 0 bridgehead atoms. The third-order valence-corrected chi connectivity index (χ3v) is 6.72. The molecule has 1 atom stereocenters. The molecule has 9 heteroatoms. The molecule has 0 fully saturated rings. The molecule has 0 radical (unpaired) electrons. The van der Waals surface area contributed by atoms with Crippen LogP contribution in [0.5, 0.6) is 0 Å². The van der Waals surface area contributed by atoms with Crippen LogP contribution in [0.4, 0.5) is 5.69 Å². The first kappa shape index (κ1) is 19.7. The van der Waals surface area contributed by atoms with Gasteiger partial charge in [0.2, 0.25) is 10.0 Å². The van der Waals surface area contributed by atoms with Crippen molar-refractivity contribution in [3.8, 4) is 0 Å². The number of carboxylic acids is 1. The van der Waals surface area contributed by atoms with Crippen molar-refractivity contribution in [2.45, 2.75) is 24.3 Å². The first-order valence-corrected chi connectivity index (χ1v) is 11.3. The van der Waals surface area contributed by atoms with Crippen LogP contribution < -0.4 is 14.7 Å². The molecule has 3 rings (SSSR count). The lowest BCUT2D eigenvalue weighted by Gasteiger charge is -2.20. The smallest absolute Gasteiger partial charge is 0.258 e. The Morgan fingerprint density at radius 1 is 1.30 bits per heavy atom. The van der Waals surface area contributed by atoms with Crippen LogP contribution in [0.3, 0.4) is 0 Å². The summed E-state index contributed by atoms with van der Waals surface area (Å²) in [5.41, 5.74) is 1.10. The van der Waals surface area contributed by atoms with Gasteiger partial charge in [0.25, 0.3) is 5.91 Å².